The number of alkyl halides is 3. The van der Waals surface area contributed by atoms with Crippen molar-refractivity contribution in [3.8, 4) is 10.7 Å². The van der Waals surface area contributed by atoms with Gasteiger partial charge in [0.05, 0.1) is 11.4 Å². The molecule has 0 aliphatic rings. The molecule has 0 aliphatic heterocycles. The van der Waals surface area contributed by atoms with Gasteiger partial charge in [0.1, 0.15) is 5.69 Å². The number of carbonyl (C=O) groups excluding carboxylic acids is 1. The number of thiophene rings is 1. The van der Waals surface area contributed by atoms with Crippen LogP contribution in [-0.4, -0.2) is 25.8 Å². The molecule has 1 aromatic carbocycles. The van der Waals surface area contributed by atoms with E-state index in [1.807, 2.05) is 18.2 Å². The Kier molecular flexibility index (Phi) is 4.89. The zero-order valence-electron chi connectivity index (χ0n) is 14.6. The van der Waals surface area contributed by atoms with Gasteiger partial charge in [0.25, 0.3) is 5.91 Å². The number of hydrogen-bond donors (Lipinski definition) is 1. The smallest absolute Gasteiger partial charge is 0.329 e. The van der Waals surface area contributed by atoms with E-state index in [-0.39, 0.29) is 18.3 Å². The lowest BCUT2D eigenvalue weighted by Gasteiger charge is -2.07. The van der Waals surface area contributed by atoms with Crippen molar-refractivity contribution >= 4 is 22.9 Å². The molecule has 0 atom stereocenters. The van der Waals surface area contributed by atoms with E-state index in [4.69, 9.17) is 0 Å². The zero-order chi connectivity index (χ0) is 20.4. The first-order valence-corrected chi connectivity index (χ1v) is 9.10. The maximum absolute atomic E-state index is 12.6. The molecular formula is C18H12F3N5O2S. The average Bonchev–Trinajstić information content (AvgIpc) is 3.42. The second kappa shape index (κ2) is 7.51. The van der Waals surface area contributed by atoms with Crippen molar-refractivity contribution in [2.24, 2.45) is 0 Å². The van der Waals surface area contributed by atoms with Crippen LogP contribution in [0.3, 0.4) is 0 Å². The summed E-state index contributed by atoms with van der Waals surface area (Å²) in [7, 11) is 0. The Labute approximate surface area is 165 Å². The topological polar surface area (TPSA) is 85.8 Å². The molecule has 3 heterocycles. The van der Waals surface area contributed by atoms with Crippen LogP contribution in [0.15, 0.2) is 59.3 Å². The van der Waals surface area contributed by atoms with Crippen LogP contribution in [0.1, 0.15) is 21.3 Å². The summed E-state index contributed by atoms with van der Waals surface area (Å²) in [5.74, 6) is -1.86. The van der Waals surface area contributed by atoms with Crippen molar-refractivity contribution in [3.05, 3.63) is 71.2 Å². The van der Waals surface area contributed by atoms with E-state index in [2.05, 4.69) is 25.1 Å². The molecule has 0 saturated carbocycles. The van der Waals surface area contributed by atoms with Gasteiger partial charge in [0.15, 0.2) is 0 Å². The van der Waals surface area contributed by atoms with Gasteiger partial charge in [0, 0.05) is 16.8 Å². The van der Waals surface area contributed by atoms with E-state index in [0.29, 0.717) is 16.3 Å². The van der Waals surface area contributed by atoms with Gasteiger partial charge >= 0.3 is 12.1 Å². The third kappa shape index (κ3) is 4.19. The molecule has 0 aliphatic carbocycles. The van der Waals surface area contributed by atoms with Crippen molar-refractivity contribution in [1.29, 1.82) is 0 Å². The molecule has 1 amide bonds. The number of hydrogen-bond acceptors (Lipinski definition) is 6. The monoisotopic (exact) mass is 419 g/mol. The number of nitrogens with one attached hydrogen (secondary N) is 1. The highest BCUT2D eigenvalue weighted by atomic mass is 32.1. The van der Waals surface area contributed by atoms with E-state index in [1.54, 1.807) is 30.3 Å². The SMILES string of the molecule is O=C(Nc1ccccc1)c1ccnn1Cc1ccc(-c2noc(C(F)(F)F)n2)s1. The number of amides is 1. The van der Waals surface area contributed by atoms with Gasteiger partial charge in [-0.1, -0.05) is 23.4 Å². The Morgan fingerprint density at radius 1 is 1.14 bits per heavy atom. The molecule has 29 heavy (non-hydrogen) atoms. The molecule has 1 N–H and O–H groups in total. The van der Waals surface area contributed by atoms with Gasteiger partial charge in [-0.3, -0.25) is 9.48 Å². The van der Waals surface area contributed by atoms with E-state index in [0.717, 1.165) is 4.88 Å². The number of anilines is 1. The Bertz CT molecular complexity index is 1130. The molecule has 0 saturated heterocycles. The van der Waals surface area contributed by atoms with Crippen molar-refractivity contribution in [2.45, 2.75) is 12.7 Å². The fourth-order valence-electron chi connectivity index (χ4n) is 2.54. The van der Waals surface area contributed by atoms with Gasteiger partial charge in [-0.25, -0.2) is 0 Å². The van der Waals surface area contributed by atoms with Gasteiger partial charge in [-0.05, 0) is 30.3 Å². The molecule has 0 spiro atoms. The van der Waals surface area contributed by atoms with Crippen molar-refractivity contribution in [2.75, 3.05) is 5.32 Å². The van der Waals surface area contributed by atoms with Crippen LogP contribution in [0.2, 0.25) is 0 Å². The zero-order valence-corrected chi connectivity index (χ0v) is 15.4. The molecular weight excluding hydrogens is 407 g/mol. The summed E-state index contributed by atoms with van der Waals surface area (Å²) in [6.07, 6.45) is -3.19. The summed E-state index contributed by atoms with van der Waals surface area (Å²) >= 11 is 1.19. The molecule has 0 unspecified atom stereocenters. The first-order chi connectivity index (χ1) is 13.9. The predicted molar refractivity (Wildman–Crippen MR) is 98.3 cm³/mol. The summed E-state index contributed by atoms with van der Waals surface area (Å²) in [5, 5.41) is 10.3. The first-order valence-electron chi connectivity index (χ1n) is 8.28. The highest BCUT2D eigenvalue weighted by molar-refractivity contribution is 7.15. The van der Waals surface area contributed by atoms with Crippen molar-refractivity contribution < 1.29 is 22.5 Å². The summed E-state index contributed by atoms with van der Waals surface area (Å²) in [6, 6.07) is 13.9. The highest BCUT2D eigenvalue weighted by Gasteiger charge is 2.38. The van der Waals surface area contributed by atoms with Crippen LogP contribution >= 0.6 is 11.3 Å². The summed E-state index contributed by atoms with van der Waals surface area (Å²) < 4.78 is 43.6. The molecule has 4 rings (SSSR count). The lowest BCUT2D eigenvalue weighted by molar-refractivity contribution is -0.159. The van der Waals surface area contributed by atoms with Gasteiger partial charge in [0.2, 0.25) is 5.82 Å². The van der Waals surface area contributed by atoms with E-state index < -0.39 is 12.1 Å². The third-order valence-electron chi connectivity index (χ3n) is 3.84. The number of rotatable bonds is 5. The normalized spacial score (nSPS) is 11.6. The minimum Gasteiger partial charge on any atom is -0.329 e. The van der Waals surface area contributed by atoms with Gasteiger partial charge in [-0.15, -0.1) is 11.3 Å². The van der Waals surface area contributed by atoms with Crippen molar-refractivity contribution in [3.63, 3.8) is 0 Å². The molecule has 0 fully saturated rings. The van der Waals surface area contributed by atoms with Crippen LogP contribution in [0.5, 0.6) is 0 Å². The Balaban J connectivity index is 1.49. The van der Waals surface area contributed by atoms with Gasteiger partial charge < -0.3 is 9.84 Å². The Morgan fingerprint density at radius 2 is 1.93 bits per heavy atom. The van der Waals surface area contributed by atoms with Crippen LogP contribution in [0.4, 0.5) is 18.9 Å². The fraction of sp³-hybridized carbons (Fsp3) is 0.111. The molecule has 11 heteroatoms. The van der Waals surface area contributed by atoms with Crippen LogP contribution in [0.25, 0.3) is 10.7 Å². The lowest BCUT2D eigenvalue weighted by Crippen LogP contribution is -2.18. The Morgan fingerprint density at radius 3 is 2.66 bits per heavy atom. The number of carbonyl (C=O) groups is 1. The number of benzene rings is 1. The van der Waals surface area contributed by atoms with Crippen molar-refractivity contribution in [1.82, 2.24) is 19.9 Å². The average molecular weight is 419 g/mol. The second-order valence-electron chi connectivity index (χ2n) is 5.88. The van der Waals surface area contributed by atoms with Crippen LogP contribution < -0.4 is 5.32 Å². The maximum Gasteiger partial charge on any atom is 0.471 e. The maximum atomic E-state index is 12.6. The molecule has 7 nitrogen and oxygen atoms in total. The van der Waals surface area contributed by atoms with Crippen LogP contribution in [-0.2, 0) is 12.7 Å². The third-order valence-corrected chi connectivity index (χ3v) is 4.90. The molecule has 0 bridgehead atoms. The molecule has 3 aromatic heterocycles. The largest absolute Gasteiger partial charge is 0.471 e. The first kappa shape index (κ1) is 18.9. The molecule has 148 valence electrons. The Hall–Kier alpha value is -3.47. The second-order valence-corrected chi connectivity index (χ2v) is 7.05. The molecule has 0 radical (unpaired) electrons. The highest BCUT2D eigenvalue weighted by Crippen LogP contribution is 2.32. The minimum absolute atomic E-state index is 0.143. The van der Waals surface area contributed by atoms with E-state index in [1.165, 1.54) is 22.2 Å². The number of halogens is 3. The quantitative estimate of drug-likeness (QED) is 0.521. The summed E-state index contributed by atoms with van der Waals surface area (Å²) in [6.45, 7) is 0.263. The summed E-state index contributed by atoms with van der Waals surface area (Å²) in [4.78, 5) is 17.1. The molecule has 4 aromatic rings. The number of nitrogens with zero attached hydrogens (tertiary/aromatic N) is 4. The fourth-order valence-corrected chi connectivity index (χ4v) is 3.45. The number of para-hydroxylation sites is 1. The van der Waals surface area contributed by atoms with E-state index in [9.17, 15) is 18.0 Å². The summed E-state index contributed by atoms with van der Waals surface area (Å²) in [5.41, 5.74) is 1.00. The number of aromatic nitrogens is 4. The van der Waals surface area contributed by atoms with Crippen LogP contribution in [0, 0.1) is 0 Å². The van der Waals surface area contributed by atoms with E-state index >= 15 is 0 Å². The minimum atomic E-state index is -4.69. The lowest BCUT2D eigenvalue weighted by atomic mass is 10.3. The standard InChI is InChI=1S/C18H12F3N5O2S/c19-18(20,21)17-24-15(25-28-17)14-7-6-12(29-14)10-26-13(8-9-22-26)16(27)23-11-4-2-1-3-5-11/h1-9H,10H2,(H,23,27). The van der Waals surface area contributed by atoms with Gasteiger partial charge in [-0.2, -0.15) is 23.3 Å². The predicted octanol–water partition coefficient (Wildman–Crippen LogP) is 4.31.